The molecule has 2 unspecified atom stereocenters. The SMILES string of the molecule is O=C(C1CCCN(c2cccc3c2C(=O)N(C2CC2)C3=O)C1)N1CCCC(c2ccccc2)CC1. The summed E-state index contributed by atoms with van der Waals surface area (Å²) >= 11 is 0. The summed E-state index contributed by atoms with van der Waals surface area (Å²) in [5.74, 6) is 0.381. The van der Waals surface area contributed by atoms with Crippen LogP contribution in [-0.4, -0.2) is 59.7 Å². The van der Waals surface area contributed by atoms with E-state index in [9.17, 15) is 14.4 Å². The second kappa shape index (κ2) is 9.14. The van der Waals surface area contributed by atoms with Crippen LogP contribution in [0.4, 0.5) is 5.69 Å². The fourth-order valence-electron chi connectivity index (χ4n) is 6.24. The molecule has 4 aliphatic rings. The Morgan fingerprint density at radius 1 is 0.771 bits per heavy atom. The first-order chi connectivity index (χ1) is 17.1. The first-order valence-electron chi connectivity index (χ1n) is 13.2. The van der Waals surface area contributed by atoms with E-state index < -0.39 is 0 Å². The molecule has 0 bridgehead atoms. The predicted molar refractivity (Wildman–Crippen MR) is 135 cm³/mol. The Labute approximate surface area is 206 Å². The quantitative estimate of drug-likeness (QED) is 0.618. The van der Waals surface area contributed by atoms with Crippen LogP contribution in [-0.2, 0) is 4.79 Å². The van der Waals surface area contributed by atoms with Crippen molar-refractivity contribution in [1.82, 2.24) is 9.80 Å². The van der Waals surface area contributed by atoms with Crippen molar-refractivity contribution >= 4 is 23.4 Å². The molecule has 1 saturated carbocycles. The van der Waals surface area contributed by atoms with Crippen molar-refractivity contribution in [2.45, 2.75) is 56.9 Å². The summed E-state index contributed by atoms with van der Waals surface area (Å²) < 4.78 is 0. The number of likely N-dealkylation sites (tertiary alicyclic amines) is 1. The first kappa shape index (κ1) is 22.3. The Morgan fingerprint density at radius 2 is 1.57 bits per heavy atom. The number of carbonyl (C=O) groups is 3. The monoisotopic (exact) mass is 471 g/mol. The van der Waals surface area contributed by atoms with Crippen molar-refractivity contribution in [2.75, 3.05) is 31.1 Å². The summed E-state index contributed by atoms with van der Waals surface area (Å²) in [6.07, 6.45) is 6.76. The smallest absolute Gasteiger partial charge is 0.263 e. The number of fused-ring (bicyclic) bond motifs is 1. The van der Waals surface area contributed by atoms with E-state index >= 15 is 0 Å². The van der Waals surface area contributed by atoms with Gasteiger partial charge in [-0.3, -0.25) is 19.3 Å². The minimum atomic E-state index is -0.156. The predicted octanol–water partition coefficient (Wildman–Crippen LogP) is 4.46. The average Bonchev–Trinajstić information content (AvgIpc) is 3.73. The van der Waals surface area contributed by atoms with E-state index in [0.29, 0.717) is 23.6 Å². The largest absolute Gasteiger partial charge is 0.370 e. The van der Waals surface area contributed by atoms with E-state index in [4.69, 9.17) is 0 Å². The number of carbonyl (C=O) groups excluding carboxylic acids is 3. The standard InChI is InChI=1S/C29H33N3O3/c33-27(30-16-5-9-21(15-18-30)20-7-2-1-3-8-20)22-10-6-17-31(19-22)25-12-4-11-24-26(25)29(35)32(28(24)34)23-13-14-23/h1-4,7-8,11-12,21-23H,5-6,9-10,13-19H2. The number of imide groups is 1. The van der Waals surface area contributed by atoms with Gasteiger partial charge in [0, 0.05) is 32.2 Å². The number of nitrogens with zero attached hydrogens (tertiary/aromatic N) is 3. The van der Waals surface area contributed by atoms with Crippen molar-refractivity contribution < 1.29 is 14.4 Å². The highest BCUT2D eigenvalue weighted by Crippen LogP contribution is 2.39. The Kier molecular flexibility index (Phi) is 5.83. The van der Waals surface area contributed by atoms with Crippen molar-refractivity contribution in [3.05, 3.63) is 65.2 Å². The lowest BCUT2D eigenvalue weighted by Gasteiger charge is -2.36. The lowest BCUT2D eigenvalue weighted by molar-refractivity contribution is -0.135. The van der Waals surface area contributed by atoms with Gasteiger partial charge >= 0.3 is 0 Å². The van der Waals surface area contributed by atoms with Gasteiger partial charge in [0.1, 0.15) is 0 Å². The molecule has 2 saturated heterocycles. The summed E-state index contributed by atoms with van der Waals surface area (Å²) in [6, 6.07) is 16.3. The molecule has 35 heavy (non-hydrogen) atoms. The number of hydrogen-bond acceptors (Lipinski definition) is 4. The van der Waals surface area contributed by atoms with Gasteiger partial charge in [0.2, 0.25) is 5.91 Å². The van der Waals surface area contributed by atoms with Gasteiger partial charge in [-0.25, -0.2) is 0 Å². The van der Waals surface area contributed by atoms with E-state index in [1.165, 1.54) is 10.5 Å². The number of rotatable bonds is 4. The van der Waals surface area contributed by atoms with Crippen molar-refractivity contribution in [2.24, 2.45) is 5.92 Å². The summed E-state index contributed by atoms with van der Waals surface area (Å²) in [4.78, 5) is 45.4. The number of benzene rings is 2. The van der Waals surface area contributed by atoms with Crippen LogP contribution in [0, 0.1) is 5.92 Å². The second-order valence-corrected chi connectivity index (χ2v) is 10.6. The molecule has 2 aromatic carbocycles. The molecule has 0 spiro atoms. The van der Waals surface area contributed by atoms with Gasteiger partial charge in [0.15, 0.2) is 0 Å². The average molecular weight is 472 g/mol. The van der Waals surface area contributed by atoms with Gasteiger partial charge in [0.05, 0.1) is 22.7 Å². The zero-order valence-electron chi connectivity index (χ0n) is 20.2. The van der Waals surface area contributed by atoms with Crippen molar-refractivity contribution in [3.8, 4) is 0 Å². The minimum absolute atomic E-state index is 0.0636. The normalized spacial score (nSPS) is 25.0. The van der Waals surface area contributed by atoms with Gasteiger partial charge in [-0.2, -0.15) is 0 Å². The highest BCUT2D eigenvalue weighted by Gasteiger charge is 2.46. The molecule has 0 N–H and O–H groups in total. The zero-order chi connectivity index (χ0) is 23.9. The summed E-state index contributed by atoms with van der Waals surface area (Å²) in [6.45, 7) is 3.04. The van der Waals surface area contributed by atoms with Crippen LogP contribution >= 0.6 is 0 Å². The number of amides is 3. The first-order valence-corrected chi connectivity index (χ1v) is 13.2. The molecule has 6 nitrogen and oxygen atoms in total. The lowest BCUT2D eigenvalue weighted by Crippen LogP contribution is -2.45. The molecule has 3 amide bonds. The van der Waals surface area contributed by atoms with E-state index in [1.54, 1.807) is 6.07 Å². The highest BCUT2D eigenvalue weighted by molar-refractivity contribution is 6.24. The van der Waals surface area contributed by atoms with Gasteiger partial charge in [-0.05, 0) is 68.6 Å². The zero-order valence-corrected chi connectivity index (χ0v) is 20.2. The lowest BCUT2D eigenvalue weighted by atomic mass is 9.92. The Morgan fingerprint density at radius 3 is 2.37 bits per heavy atom. The molecule has 182 valence electrons. The molecule has 3 aliphatic heterocycles. The Hall–Kier alpha value is -3.15. The molecular formula is C29H33N3O3. The molecule has 3 fully saturated rings. The topological polar surface area (TPSA) is 60.9 Å². The summed E-state index contributed by atoms with van der Waals surface area (Å²) in [5.41, 5.74) is 3.26. The second-order valence-electron chi connectivity index (χ2n) is 10.6. The maximum Gasteiger partial charge on any atom is 0.263 e. The van der Waals surface area contributed by atoms with E-state index in [0.717, 1.165) is 70.3 Å². The molecule has 6 rings (SSSR count). The number of piperidine rings is 1. The van der Waals surface area contributed by atoms with Gasteiger partial charge in [-0.1, -0.05) is 36.4 Å². The molecule has 2 aromatic rings. The molecule has 1 aliphatic carbocycles. The van der Waals surface area contributed by atoms with E-state index in [2.05, 4.69) is 40.1 Å². The van der Waals surface area contributed by atoms with Gasteiger partial charge < -0.3 is 9.80 Å². The van der Waals surface area contributed by atoms with Crippen molar-refractivity contribution in [3.63, 3.8) is 0 Å². The molecule has 0 radical (unpaired) electrons. The fourth-order valence-corrected chi connectivity index (χ4v) is 6.24. The van der Waals surface area contributed by atoms with E-state index in [-0.39, 0.29) is 29.7 Å². The van der Waals surface area contributed by atoms with Crippen LogP contribution in [0.25, 0.3) is 0 Å². The third-order valence-electron chi connectivity index (χ3n) is 8.26. The number of hydrogen-bond donors (Lipinski definition) is 0. The van der Waals surface area contributed by atoms with Gasteiger partial charge in [0.25, 0.3) is 11.8 Å². The summed E-state index contributed by atoms with van der Waals surface area (Å²) in [7, 11) is 0. The molecule has 0 aromatic heterocycles. The third-order valence-corrected chi connectivity index (χ3v) is 8.26. The van der Waals surface area contributed by atoms with Crippen LogP contribution in [0.5, 0.6) is 0 Å². The minimum Gasteiger partial charge on any atom is -0.370 e. The van der Waals surface area contributed by atoms with Crippen LogP contribution in [0.2, 0.25) is 0 Å². The van der Waals surface area contributed by atoms with Crippen LogP contribution in [0.3, 0.4) is 0 Å². The van der Waals surface area contributed by atoms with Crippen LogP contribution in [0.15, 0.2) is 48.5 Å². The highest BCUT2D eigenvalue weighted by atomic mass is 16.2. The molecule has 2 atom stereocenters. The maximum atomic E-state index is 13.6. The Bertz CT molecular complexity index is 1140. The Balaban J connectivity index is 1.16. The van der Waals surface area contributed by atoms with E-state index in [1.807, 2.05) is 12.1 Å². The summed E-state index contributed by atoms with van der Waals surface area (Å²) in [5, 5.41) is 0. The molecule has 6 heteroatoms. The van der Waals surface area contributed by atoms with Crippen LogP contribution < -0.4 is 4.90 Å². The number of anilines is 1. The molecular weight excluding hydrogens is 438 g/mol. The third kappa shape index (κ3) is 4.13. The maximum absolute atomic E-state index is 13.6. The fraction of sp³-hybridized carbons (Fsp3) is 0.483. The van der Waals surface area contributed by atoms with Gasteiger partial charge in [-0.15, -0.1) is 0 Å². The molecule has 3 heterocycles. The van der Waals surface area contributed by atoms with Crippen LogP contribution in [0.1, 0.15) is 77.1 Å². The van der Waals surface area contributed by atoms with Crippen molar-refractivity contribution in [1.29, 1.82) is 0 Å².